The molecule has 0 heterocycles. The maximum atomic E-state index is 13.8. The van der Waals surface area contributed by atoms with Crippen LogP contribution in [0.5, 0.6) is 0 Å². The molecule has 2 rings (SSSR count). The minimum Gasteiger partial charge on any atom is -0.335 e. The van der Waals surface area contributed by atoms with Gasteiger partial charge in [0.2, 0.25) is 5.91 Å². The van der Waals surface area contributed by atoms with Gasteiger partial charge in [-0.2, -0.15) is 0 Å². The summed E-state index contributed by atoms with van der Waals surface area (Å²) in [6.07, 6.45) is 3.05. The number of hydrogen-bond donors (Lipinski definition) is 1. The highest BCUT2D eigenvalue weighted by Gasteiger charge is 2.32. The molecule has 0 radical (unpaired) electrons. The van der Waals surface area contributed by atoms with Crippen LogP contribution in [-0.4, -0.2) is 23.4 Å². The van der Waals surface area contributed by atoms with E-state index in [2.05, 4.69) is 0 Å². The maximum Gasteiger partial charge on any atom is 0.223 e. The zero-order valence-electron chi connectivity index (χ0n) is 10.7. The highest BCUT2D eigenvalue weighted by Crippen LogP contribution is 2.31. The molecule has 1 aliphatic rings. The Balaban J connectivity index is 2.10. The summed E-state index contributed by atoms with van der Waals surface area (Å²) in [6, 6.07) is 4.83. The SMILES string of the molecule is NCCCC(=O)N(Cc1c(F)cccc1Cl)C1CC1. The van der Waals surface area contributed by atoms with E-state index in [9.17, 15) is 9.18 Å². The number of nitrogens with two attached hydrogens (primary N) is 1. The van der Waals surface area contributed by atoms with Crippen molar-refractivity contribution in [1.29, 1.82) is 0 Å². The molecule has 1 aromatic carbocycles. The first-order chi connectivity index (χ1) is 9.13. The lowest BCUT2D eigenvalue weighted by Gasteiger charge is -2.23. The summed E-state index contributed by atoms with van der Waals surface area (Å²) in [4.78, 5) is 13.9. The van der Waals surface area contributed by atoms with Crippen molar-refractivity contribution in [3.05, 3.63) is 34.6 Å². The summed E-state index contributed by atoms with van der Waals surface area (Å²) in [5.74, 6) is -0.322. The Morgan fingerprint density at radius 1 is 1.47 bits per heavy atom. The Bertz CT molecular complexity index is 443. The van der Waals surface area contributed by atoms with Crippen LogP contribution in [0, 0.1) is 5.82 Å². The molecule has 0 bridgehead atoms. The number of carbonyl (C=O) groups excluding carboxylic acids is 1. The molecular weight excluding hydrogens is 267 g/mol. The van der Waals surface area contributed by atoms with Crippen LogP contribution >= 0.6 is 11.6 Å². The van der Waals surface area contributed by atoms with Crippen molar-refractivity contribution in [3.8, 4) is 0 Å². The second-order valence-corrected chi connectivity index (χ2v) is 5.25. The van der Waals surface area contributed by atoms with Gasteiger partial charge >= 0.3 is 0 Å². The zero-order valence-corrected chi connectivity index (χ0v) is 11.5. The van der Waals surface area contributed by atoms with Crippen molar-refractivity contribution in [2.45, 2.75) is 38.3 Å². The van der Waals surface area contributed by atoms with E-state index in [1.54, 1.807) is 17.0 Å². The van der Waals surface area contributed by atoms with Crippen LogP contribution in [-0.2, 0) is 11.3 Å². The standard InChI is InChI=1S/C14H18ClFN2O/c15-12-3-1-4-13(16)11(12)9-18(10-6-7-10)14(19)5-2-8-17/h1,3-4,10H,2,5-9,17H2. The van der Waals surface area contributed by atoms with Crippen LogP contribution in [0.15, 0.2) is 18.2 Å². The smallest absolute Gasteiger partial charge is 0.223 e. The largest absolute Gasteiger partial charge is 0.335 e. The van der Waals surface area contributed by atoms with Crippen molar-refractivity contribution in [1.82, 2.24) is 4.90 Å². The van der Waals surface area contributed by atoms with Crippen molar-refractivity contribution >= 4 is 17.5 Å². The molecular formula is C14H18ClFN2O. The van der Waals surface area contributed by atoms with Crippen molar-refractivity contribution < 1.29 is 9.18 Å². The van der Waals surface area contributed by atoms with Gasteiger partial charge in [0.15, 0.2) is 0 Å². The average molecular weight is 285 g/mol. The van der Waals surface area contributed by atoms with Crippen LogP contribution in [0.3, 0.4) is 0 Å². The van der Waals surface area contributed by atoms with Crippen LogP contribution in [0.4, 0.5) is 4.39 Å². The first kappa shape index (κ1) is 14.3. The van der Waals surface area contributed by atoms with Gasteiger partial charge in [0.05, 0.1) is 6.54 Å². The monoisotopic (exact) mass is 284 g/mol. The summed E-state index contributed by atoms with van der Waals surface area (Å²) in [7, 11) is 0. The lowest BCUT2D eigenvalue weighted by molar-refractivity contribution is -0.132. The predicted octanol–water partition coefficient (Wildman–Crippen LogP) is 2.71. The van der Waals surface area contributed by atoms with Gasteiger partial charge in [-0.3, -0.25) is 4.79 Å². The first-order valence-corrected chi connectivity index (χ1v) is 6.93. The molecule has 0 saturated heterocycles. The van der Waals surface area contributed by atoms with Gasteiger partial charge in [0.1, 0.15) is 5.82 Å². The molecule has 1 aromatic rings. The van der Waals surface area contributed by atoms with Gasteiger partial charge in [0.25, 0.3) is 0 Å². The van der Waals surface area contributed by atoms with E-state index in [1.807, 2.05) is 0 Å². The summed E-state index contributed by atoms with van der Waals surface area (Å²) in [6.45, 7) is 0.740. The summed E-state index contributed by atoms with van der Waals surface area (Å²) >= 11 is 6.01. The average Bonchev–Trinajstić information content (AvgIpc) is 3.20. The number of amides is 1. The van der Waals surface area contributed by atoms with Crippen LogP contribution in [0.2, 0.25) is 5.02 Å². The van der Waals surface area contributed by atoms with Gasteiger partial charge in [-0.1, -0.05) is 17.7 Å². The fraction of sp³-hybridized carbons (Fsp3) is 0.500. The Morgan fingerprint density at radius 2 is 2.21 bits per heavy atom. The number of benzene rings is 1. The third-order valence-corrected chi connectivity index (χ3v) is 3.65. The summed E-state index contributed by atoms with van der Waals surface area (Å²) in [5, 5.41) is 0.372. The van der Waals surface area contributed by atoms with E-state index in [-0.39, 0.29) is 24.3 Å². The minimum atomic E-state index is -0.357. The number of halogens is 2. The van der Waals surface area contributed by atoms with E-state index in [1.165, 1.54) is 6.07 Å². The van der Waals surface area contributed by atoms with Gasteiger partial charge in [-0.05, 0) is 37.9 Å². The van der Waals surface area contributed by atoms with Gasteiger partial charge in [0, 0.05) is 23.0 Å². The van der Waals surface area contributed by atoms with E-state index >= 15 is 0 Å². The van der Waals surface area contributed by atoms with E-state index in [0.29, 0.717) is 30.0 Å². The quantitative estimate of drug-likeness (QED) is 0.873. The topological polar surface area (TPSA) is 46.3 Å². The number of carbonyl (C=O) groups is 1. The number of hydrogen-bond acceptors (Lipinski definition) is 2. The number of rotatable bonds is 6. The molecule has 5 heteroatoms. The van der Waals surface area contributed by atoms with Gasteiger partial charge in [-0.15, -0.1) is 0 Å². The second-order valence-electron chi connectivity index (χ2n) is 4.85. The van der Waals surface area contributed by atoms with Crippen molar-refractivity contribution in [2.24, 2.45) is 5.73 Å². The van der Waals surface area contributed by atoms with Crippen LogP contribution in [0.1, 0.15) is 31.2 Å². The fourth-order valence-electron chi connectivity index (χ4n) is 2.06. The van der Waals surface area contributed by atoms with Crippen LogP contribution < -0.4 is 5.73 Å². The minimum absolute atomic E-state index is 0.0345. The molecule has 1 fully saturated rings. The highest BCUT2D eigenvalue weighted by atomic mass is 35.5. The molecule has 0 spiro atoms. The normalized spacial score (nSPS) is 14.5. The third-order valence-electron chi connectivity index (χ3n) is 3.29. The molecule has 104 valence electrons. The summed E-state index contributed by atoms with van der Waals surface area (Å²) < 4.78 is 13.8. The molecule has 0 atom stereocenters. The van der Waals surface area contributed by atoms with Crippen molar-refractivity contribution in [2.75, 3.05) is 6.54 Å². The fourth-order valence-corrected chi connectivity index (χ4v) is 2.28. The molecule has 19 heavy (non-hydrogen) atoms. The van der Waals surface area contributed by atoms with Crippen LogP contribution in [0.25, 0.3) is 0 Å². The lowest BCUT2D eigenvalue weighted by Crippen LogP contribution is -2.33. The van der Waals surface area contributed by atoms with E-state index in [4.69, 9.17) is 17.3 Å². The molecule has 1 saturated carbocycles. The Morgan fingerprint density at radius 3 is 2.79 bits per heavy atom. The molecule has 1 amide bonds. The Hall–Kier alpha value is -1.13. The molecule has 0 aromatic heterocycles. The summed E-state index contributed by atoms with van der Waals surface area (Å²) in [5.41, 5.74) is 5.82. The molecule has 0 unspecified atom stereocenters. The third kappa shape index (κ3) is 3.67. The van der Waals surface area contributed by atoms with E-state index in [0.717, 1.165) is 12.8 Å². The Labute approximate surface area is 117 Å². The molecule has 3 nitrogen and oxygen atoms in total. The van der Waals surface area contributed by atoms with Gasteiger partial charge in [-0.25, -0.2) is 4.39 Å². The zero-order chi connectivity index (χ0) is 13.8. The second kappa shape index (κ2) is 6.35. The van der Waals surface area contributed by atoms with Gasteiger partial charge < -0.3 is 10.6 Å². The number of nitrogens with zero attached hydrogens (tertiary/aromatic N) is 1. The highest BCUT2D eigenvalue weighted by molar-refractivity contribution is 6.31. The Kier molecular flexibility index (Phi) is 4.77. The molecule has 1 aliphatic carbocycles. The molecule has 0 aliphatic heterocycles. The molecule has 2 N–H and O–H groups in total. The van der Waals surface area contributed by atoms with E-state index < -0.39 is 0 Å². The maximum absolute atomic E-state index is 13.8. The van der Waals surface area contributed by atoms with Crippen molar-refractivity contribution in [3.63, 3.8) is 0 Å². The first-order valence-electron chi connectivity index (χ1n) is 6.56. The lowest BCUT2D eigenvalue weighted by atomic mass is 10.1. The predicted molar refractivity (Wildman–Crippen MR) is 73.3 cm³/mol.